The Morgan fingerprint density at radius 3 is 2.75 bits per heavy atom. The highest BCUT2D eigenvalue weighted by Gasteiger charge is 2.23. The van der Waals surface area contributed by atoms with Crippen molar-refractivity contribution >= 4 is 41.7 Å². The number of carbonyl (C=O) groups excluding carboxylic acids is 1. The zero-order valence-corrected chi connectivity index (χ0v) is 15.6. The van der Waals surface area contributed by atoms with Crippen LogP contribution in [-0.4, -0.2) is 44.0 Å². The third kappa shape index (κ3) is 4.63. The third-order valence-electron chi connectivity index (χ3n) is 4.01. The molecule has 1 aromatic heterocycles. The summed E-state index contributed by atoms with van der Waals surface area (Å²) < 4.78 is 5.84. The lowest BCUT2D eigenvalue weighted by Gasteiger charge is -2.23. The summed E-state index contributed by atoms with van der Waals surface area (Å²) in [5.41, 5.74) is 1.73. The van der Waals surface area contributed by atoms with E-state index >= 15 is 0 Å². The summed E-state index contributed by atoms with van der Waals surface area (Å²) in [6.45, 7) is 2.54. The summed E-state index contributed by atoms with van der Waals surface area (Å²) in [5.74, 6) is 0.335. The molecule has 1 aliphatic rings. The van der Waals surface area contributed by atoms with Crippen molar-refractivity contribution in [3.8, 4) is 0 Å². The molecule has 1 amide bonds. The van der Waals surface area contributed by atoms with Gasteiger partial charge in [0.05, 0.1) is 0 Å². The molecule has 0 spiro atoms. The third-order valence-corrected chi connectivity index (χ3v) is 4.01. The number of benzene rings is 1. The van der Waals surface area contributed by atoms with E-state index in [1.807, 2.05) is 38.4 Å². The van der Waals surface area contributed by atoms with Crippen LogP contribution < -0.4 is 10.6 Å². The summed E-state index contributed by atoms with van der Waals surface area (Å²) in [6.07, 6.45) is 2.11. The van der Waals surface area contributed by atoms with Crippen LogP contribution in [0.4, 0.5) is 0 Å². The standard InChI is InChI=1S/C17H23N3O2.2ClH/c1-20(2)11-14-13-7-3-4-8-15(13)22-16(14)17(21)19-12-6-5-9-18-10-12;;/h3-4,7-8,12,18H,5-6,9-11H2,1-2H3,(H,19,21);2*1H. The van der Waals surface area contributed by atoms with Gasteiger partial charge in [0.1, 0.15) is 5.58 Å². The number of piperidine rings is 1. The van der Waals surface area contributed by atoms with Crippen LogP contribution in [0.3, 0.4) is 0 Å². The predicted octanol–water partition coefficient (Wildman–Crippen LogP) is 2.82. The lowest BCUT2D eigenvalue weighted by atomic mass is 10.1. The van der Waals surface area contributed by atoms with Crippen molar-refractivity contribution in [3.05, 3.63) is 35.6 Å². The fourth-order valence-electron chi connectivity index (χ4n) is 2.98. The normalized spacial score (nSPS) is 17.2. The number of nitrogens with zero attached hydrogens (tertiary/aromatic N) is 1. The summed E-state index contributed by atoms with van der Waals surface area (Å²) >= 11 is 0. The van der Waals surface area contributed by atoms with Gasteiger partial charge in [-0.05, 0) is 39.5 Å². The molecule has 0 aliphatic carbocycles. The Hall–Kier alpha value is -1.27. The SMILES string of the molecule is CN(C)Cc1c(C(=O)NC2CCCNC2)oc2ccccc12.Cl.Cl. The van der Waals surface area contributed by atoms with Gasteiger partial charge in [0.15, 0.2) is 5.76 Å². The first kappa shape index (κ1) is 20.8. The van der Waals surface area contributed by atoms with E-state index < -0.39 is 0 Å². The fourth-order valence-corrected chi connectivity index (χ4v) is 2.98. The summed E-state index contributed by atoms with van der Waals surface area (Å²) in [7, 11) is 3.99. The van der Waals surface area contributed by atoms with E-state index in [0.717, 1.165) is 42.5 Å². The van der Waals surface area contributed by atoms with Gasteiger partial charge in [-0.15, -0.1) is 24.8 Å². The Balaban J connectivity index is 0.00000144. The van der Waals surface area contributed by atoms with E-state index in [0.29, 0.717) is 12.3 Å². The second-order valence-corrected chi connectivity index (χ2v) is 6.16. The number of hydrogen-bond acceptors (Lipinski definition) is 4. The highest BCUT2D eigenvalue weighted by molar-refractivity contribution is 5.99. The number of halogens is 2. The molecule has 1 aromatic carbocycles. The van der Waals surface area contributed by atoms with Crippen LogP contribution in [0.15, 0.2) is 28.7 Å². The molecule has 2 N–H and O–H groups in total. The quantitative estimate of drug-likeness (QED) is 0.864. The van der Waals surface area contributed by atoms with E-state index in [1.54, 1.807) is 0 Å². The van der Waals surface area contributed by atoms with E-state index in [4.69, 9.17) is 4.42 Å². The number of nitrogens with one attached hydrogen (secondary N) is 2. The van der Waals surface area contributed by atoms with E-state index in [-0.39, 0.29) is 36.8 Å². The molecule has 1 aliphatic heterocycles. The minimum absolute atomic E-state index is 0. The zero-order valence-electron chi connectivity index (χ0n) is 14.0. The maximum absolute atomic E-state index is 12.6. The second kappa shape index (κ2) is 9.28. The Morgan fingerprint density at radius 1 is 1.33 bits per heavy atom. The van der Waals surface area contributed by atoms with Gasteiger partial charge in [0, 0.05) is 30.1 Å². The largest absolute Gasteiger partial charge is 0.451 e. The lowest BCUT2D eigenvalue weighted by Crippen LogP contribution is -2.45. The van der Waals surface area contributed by atoms with Gasteiger partial charge in [-0.3, -0.25) is 4.79 Å². The number of amides is 1. The van der Waals surface area contributed by atoms with Gasteiger partial charge in [-0.2, -0.15) is 0 Å². The zero-order chi connectivity index (χ0) is 15.5. The summed E-state index contributed by atoms with van der Waals surface area (Å²) in [4.78, 5) is 14.7. The molecule has 5 nitrogen and oxygen atoms in total. The molecular formula is C17H25Cl2N3O2. The molecule has 7 heteroatoms. The molecule has 1 fully saturated rings. The van der Waals surface area contributed by atoms with E-state index in [9.17, 15) is 4.79 Å². The Labute approximate surface area is 155 Å². The Kier molecular flexibility index (Phi) is 8.03. The van der Waals surface area contributed by atoms with Gasteiger partial charge < -0.3 is 20.0 Å². The minimum atomic E-state index is -0.109. The van der Waals surface area contributed by atoms with Gasteiger partial charge in [-0.25, -0.2) is 0 Å². The topological polar surface area (TPSA) is 57.5 Å². The molecule has 1 atom stereocenters. The van der Waals surface area contributed by atoms with Crippen molar-refractivity contribution in [3.63, 3.8) is 0 Å². The maximum atomic E-state index is 12.6. The number of carbonyl (C=O) groups is 1. The number of para-hydroxylation sites is 1. The first-order chi connectivity index (χ1) is 10.6. The van der Waals surface area contributed by atoms with Crippen molar-refractivity contribution in [2.45, 2.75) is 25.4 Å². The van der Waals surface area contributed by atoms with Crippen LogP contribution in [0.25, 0.3) is 11.0 Å². The minimum Gasteiger partial charge on any atom is -0.451 e. The summed E-state index contributed by atoms with van der Waals surface area (Å²) in [5, 5.41) is 7.42. The molecule has 0 radical (unpaired) electrons. The molecule has 2 heterocycles. The Morgan fingerprint density at radius 2 is 2.08 bits per heavy atom. The molecule has 0 bridgehead atoms. The molecular weight excluding hydrogens is 349 g/mol. The van der Waals surface area contributed by atoms with Crippen molar-refractivity contribution in [2.75, 3.05) is 27.2 Å². The van der Waals surface area contributed by atoms with Crippen LogP contribution in [0, 0.1) is 0 Å². The monoisotopic (exact) mass is 373 g/mol. The van der Waals surface area contributed by atoms with Crippen molar-refractivity contribution in [1.82, 2.24) is 15.5 Å². The number of hydrogen-bond donors (Lipinski definition) is 2. The van der Waals surface area contributed by atoms with E-state index in [2.05, 4.69) is 15.5 Å². The van der Waals surface area contributed by atoms with Crippen LogP contribution in [-0.2, 0) is 6.54 Å². The first-order valence-electron chi connectivity index (χ1n) is 7.82. The smallest absolute Gasteiger partial charge is 0.287 e. The first-order valence-corrected chi connectivity index (χ1v) is 7.82. The lowest BCUT2D eigenvalue weighted by molar-refractivity contribution is 0.0902. The number of furan rings is 1. The molecule has 0 saturated carbocycles. The molecule has 1 unspecified atom stereocenters. The average molecular weight is 374 g/mol. The maximum Gasteiger partial charge on any atom is 0.287 e. The number of fused-ring (bicyclic) bond motifs is 1. The molecule has 134 valence electrons. The molecule has 3 rings (SSSR count). The molecule has 24 heavy (non-hydrogen) atoms. The Bertz CT molecular complexity index is 667. The van der Waals surface area contributed by atoms with Crippen molar-refractivity contribution < 1.29 is 9.21 Å². The highest BCUT2D eigenvalue weighted by Crippen LogP contribution is 2.27. The van der Waals surface area contributed by atoms with Gasteiger partial charge in [0.25, 0.3) is 5.91 Å². The van der Waals surface area contributed by atoms with Crippen LogP contribution in [0.2, 0.25) is 0 Å². The fraction of sp³-hybridized carbons (Fsp3) is 0.471. The molecule has 1 saturated heterocycles. The van der Waals surface area contributed by atoms with Crippen molar-refractivity contribution in [1.29, 1.82) is 0 Å². The van der Waals surface area contributed by atoms with Crippen LogP contribution in [0.5, 0.6) is 0 Å². The second-order valence-electron chi connectivity index (χ2n) is 6.16. The van der Waals surface area contributed by atoms with Gasteiger partial charge >= 0.3 is 0 Å². The molecule has 2 aromatic rings. The van der Waals surface area contributed by atoms with Crippen LogP contribution in [0.1, 0.15) is 29.0 Å². The summed E-state index contributed by atoms with van der Waals surface area (Å²) in [6, 6.07) is 8.01. The number of rotatable bonds is 4. The van der Waals surface area contributed by atoms with Gasteiger partial charge in [0.2, 0.25) is 0 Å². The highest BCUT2D eigenvalue weighted by atomic mass is 35.5. The van der Waals surface area contributed by atoms with Gasteiger partial charge in [-0.1, -0.05) is 18.2 Å². The average Bonchev–Trinajstić information content (AvgIpc) is 2.87. The van der Waals surface area contributed by atoms with E-state index in [1.165, 1.54) is 0 Å². The van der Waals surface area contributed by atoms with Crippen molar-refractivity contribution in [2.24, 2.45) is 0 Å². The predicted molar refractivity (Wildman–Crippen MR) is 101 cm³/mol. The van der Waals surface area contributed by atoms with Crippen LogP contribution >= 0.6 is 24.8 Å².